The topological polar surface area (TPSA) is 43.4 Å². The Bertz CT molecular complexity index is 93.6. The Morgan fingerprint density at radius 1 is 1.23 bits per heavy atom. The van der Waals surface area contributed by atoms with Crippen LogP contribution in [0.15, 0.2) is 0 Å². The Morgan fingerprint density at radius 3 is 1.77 bits per heavy atom. The van der Waals surface area contributed by atoms with E-state index in [1.807, 2.05) is 3.98 Å². The summed E-state index contributed by atoms with van der Waals surface area (Å²) in [6, 6.07) is 0. The van der Waals surface area contributed by atoms with E-state index in [-0.39, 0.29) is 0 Å². The molecule has 0 spiro atoms. The van der Waals surface area contributed by atoms with Crippen LogP contribution in [0.3, 0.4) is 0 Å². The van der Waals surface area contributed by atoms with Crippen molar-refractivity contribution in [2.45, 2.75) is 39.5 Å². The number of nitrogens with zero attached hydrogens (tertiary/aromatic N) is 1. The molecule has 0 saturated carbocycles. The van der Waals surface area contributed by atoms with E-state index in [9.17, 15) is 0 Å². The molecule has 3 nitrogen and oxygen atoms in total. The van der Waals surface area contributed by atoms with Crippen LogP contribution in [0.2, 0.25) is 0 Å². The maximum atomic E-state index is 8.25. The van der Waals surface area contributed by atoms with Gasteiger partial charge in [0.15, 0.2) is 0 Å². The van der Waals surface area contributed by atoms with Crippen molar-refractivity contribution in [3.8, 4) is 0 Å². The molecule has 0 amide bonds. The third-order valence-electron chi connectivity index (χ3n) is 1.48. The van der Waals surface area contributed by atoms with E-state index in [1.54, 1.807) is 0 Å². The van der Waals surface area contributed by atoms with Crippen molar-refractivity contribution in [2.75, 3.05) is 13.1 Å². The normalized spacial score (nSPS) is 9.31. The minimum Gasteiger partial charge on any atom is -0.554 e. The van der Waals surface area contributed by atoms with Crippen LogP contribution in [0, 0.1) is 0 Å². The maximum absolute atomic E-state index is 8.25. The Morgan fingerprint density at radius 2 is 1.54 bits per heavy atom. The molecular weight excluding hydrogens is 213 g/mol. The van der Waals surface area contributed by atoms with E-state index < -0.39 is 6.47 Å². The van der Waals surface area contributed by atoms with Crippen LogP contribution < -0.4 is 5.11 Å². The Balaban J connectivity index is 0. The molecule has 0 unspecified atom stereocenters. The quantitative estimate of drug-likeness (QED) is 0.500. The van der Waals surface area contributed by atoms with Crippen LogP contribution in [-0.2, 0) is 20.5 Å². The monoisotopic (exact) mass is 231 g/mol. The molecule has 0 heterocycles. The van der Waals surface area contributed by atoms with Crippen molar-refractivity contribution in [3.63, 3.8) is 0 Å². The molecule has 13 heavy (non-hydrogen) atoms. The number of rotatable bonds is 6. The smallest absolute Gasteiger partial charge is 0.0275 e. The SMILES string of the molecule is CCCC[N]([Ni+])CCCC.O=C[O-]. The zero-order chi connectivity index (χ0) is 10.5. The van der Waals surface area contributed by atoms with Crippen molar-refractivity contribution < 1.29 is 25.6 Å². The molecule has 0 aliphatic heterocycles. The fourth-order valence-corrected chi connectivity index (χ4v) is 1.06. The van der Waals surface area contributed by atoms with E-state index >= 15 is 0 Å². The fourth-order valence-electron chi connectivity index (χ4n) is 0.752. The second kappa shape index (κ2) is 14.4. The molecule has 0 aliphatic carbocycles. The molecule has 0 aromatic carbocycles. The van der Waals surface area contributed by atoms with E-state index in [4.69, 9.17) is 25.6 Å². The number of hydrogen-bond donors (Lipinski definition) is 0. The third kappa shape index (κ3) is 18.7. The number of carbonyl (C=O) groups is 1. The standard InChI is InChI=1S/C8H18N.CH2O2.Ni/c1-3-5-7-9-8-6-4-2;2-1-3;/h3-8H2,1-2H3;1H,(H,2,3);/q-1;;+2/p-1. The molecule has 0 fully saturated rings. The van der Waals surface area contributed by atoms with E-state index in [0.29, 0.717) is 0 Å². The number of hydrogen-bond acceptors (Lipinski definition) is 3. The molecule has 82 valence electrons. The first-order valence-corrected chi connectivity index (χ1v) is 5.10. The maximum Gasteiger partial charge on any atom is 0.0275 e. The summed E-state index contributed by atoms with van der Waals surface area (Å²) in [5, 5.41) is 8.25. The van der Waals surface area contributed by atoms with Crippen molar-refractivity contribution in [1.29, 1.82) is 0 Å². The second-order valence-corrected chi connectivity index (χ2v) is 3.30. The number of carboxylic acid groups (broad SMARTS) is 1. The molecule has 0 aromatic rings. The van der Waals surface area contributed by atoms with Crippen molar-refractivity contribution in [3.05, 3.63) is 0 Å². The molecule has 0 saturated heterocycles. The average Bonchev–Trinajstić information content (AvgIpc) is 2.12. The Hall–Kier alpha value is -0.0765. The molecule has 0 rings (SSSR count). The van der Waals surface area contributed by atoms with Gasteiger partial charge in [0.1, 0.15) is 0 Å². The predicted molar refractivity (Wildman–Crippen MR) is 47.5 cm³/mol. The molecule has 0 aromatic heterocycles. The Labute approximate surface area is 89.1 Å². The summed E-state index contributed by atoms with van der Waals surface area (Å²) in [4.78, 5) is 8.25. The molecule has 0 atom stereocenters. The molecule has 0 radical (unpaired) electrons. The molecular formula is C9H19NNiO2. The van der Waals surface area contributed by atoms with Gasteiger partial charge < -0.3 is 9.90 Å². The molecule has 0 bridgehead atoms. The number of carbonyl (C=O) groups excluding carboxylic acids is 1. The minimum atomic E-state index is -0.500. The third-order valence-corrected chi connectivity index (χ3v) is 1.92. The summed E-state index contributed by atoms with van der Waals surface area (Å²) < 4.78 is 2.05. The first-order valence-electron chi connectivity index (χ1n) is 4.66. The van der Waals surface area contributed by atoms with Crippen LogP contribution >= 0.6 is 0 Å². The average molecular weight is 232 g/mol. The molecule has 0 N–H and O–H groups in total. The van der Waals surface area contributed by atoms with Gasteiger partial charge in [-0.3, -0.25) is 0 Å². The van der Waals surface area contributed by atoms with Crippen LogP contribution in [0.25, 0.3) is 0 Å². The second-order valence-electron chi connectivity index (χ2n) is 2.67. The van der Waals surface area contributed by atoms with Crippen molar-refractivity contribution in [1.82, 2.24) is 3.98 Å². The summed E-state index contributed by atoms with van der Waals surface area (Å²) in [6.45, 7) is 6.12. The predicted octanol–water partition coefficient (Wildman–Crippen LogP) is 0.716. The van der Waals surface area contributed by atoms with Gasteiger partial charge in [0.2, 0.25) is 0 Å². The molecule has 4 heteroatoms. The summed E-state index contributed by atoms with van der Waals surface area (Å²) in [5.41, 5.74) is 0. The first kappa shape index (κ1) is 15.4. The Kier molecular flexibility index (Phi) is 17.1. The van der Waals surface area contributed by atoms with Crippen LogP contribution in [-0.4, -0.2) is 23.5 Å². The number of unbranched alkanes of at least 4 members (excludes halogenated alkanes) is 2. The van der Waals surface area contributed by atoms with Gasteiger partial charge >= 0.3 is 72.3 Å². The minimum absolute atomic E-state index is 0.500. The van der Waals surface area contributed by atoms with Gasteiger partial charge in [-0.15, -0.1) is 0 Å². The summed E-state index contributed by atoms with van der Waals surface area (Å²) in [6.07, 6.45) is 5.02. The van der Waals surface area contributed by atoms with E-state index in [1.165, 1.54) is 25.7 Å². The van der Waals surface area contributed by atoms with Crippen molar-refractivity contribution >= 4 is 6.47 Å². The van der Waals surface area contributed by atoms with Crippen molar-refractivity contribution in [2.24, 2.45) is 0 Å². The zero-order valence-corrected chi connectivity index (χ0v) is 9.39. The van der Waals surface area contributed by atoms with E-state index in [2.05, 4.69) is 13.8 Å². The molecule has 0 aliphatic rings. The summed E-state index contributed by atoms with van der Waals surface area (Å²) in [7, 11) is 0. The van der Waals surface area contributed by atoms with Gasteiger partial charge in [-0.05, 0) is 0 Å². The van der Waals surface area contributed by atoms with Crippen LogP contribution in [0.5, 0.6) is 0 Å². The fraction of sp³-hybridized carbons (Fsp3) is 0.889. The van der Waals surface area contributed by atoms with Crippen LogP contribution in [0.4, 0.5) is 0 Å². The van der Waals surface area contributed by atoms with Gasteiger partial charge in [-0.2, -0.15) is 0 Å². The van der Waals surface area contributed by atoms with Gasteiger partial charge in [0, 0.05) is 6.47 Å². The summed E-state index contributed by atoms with van der Waals surface area (Å²) >= 11 is 4.81. The summed E-state index contributed by atoms with van der Waals surface area (Å²) in [5.74, 6) is 0. The van der Waals surface area contributed by atoms with Crippen LogP contribution in [0.1, 0.15) is 39.5 Å². The van der Waals surface area contributed by atoms with Gasteiger partial charge in [-0.1, -0.05) is 0 Å². The van der Waals surface area contributed by atoms with Gasteiger partial charge in [-0.25, -0.2) is 0 Å². The van der Waals surface area contributed by atoms with Gasteiger partial charge in [0.05, 0.1) is 0 Å². The first-order chi connectivity index (χ1) is 6.22. The van der Waals surface area contributed by atoms with Gasteiger partial charge in [0.25, 0.3) is 0 Å². The zero-order valence-electron chi connectivity index (χ0n) is 8.40. The largest absolute Gasteiger partial charge is 0.554 e. The van der Waals surface area contributed by atoms with E-state index in [0.717, 1.165) is 13.1 Å².